The summed E-state index contributed by atoms with van der Waals surface area (Å²) in [5.41, 5.74) is -0.949. The van der Waals surface area contributed by atoms with Crippen molar-refractivity contribution in [3.63, 3.8) is 0 Å². The van der Waals surface area contributed by atoms with Gasteiger partial charge in [0.15, 0.2) is 0 Å². The van der Waals surface area contributed by atoms with E-state index in [-0.39, 0.29) is 28.1 Å². The highest BCUT2D eigenvalue weighted by Gasteiger charge is 2.31. The van der Waals surface area contributed by atoms with Gasteiger partial charge < -0.3 is 5.32 Å². The van der Waals surface area contributed by atoms with E-state index in [1.54, 1.807) is 11.4 Å². The first-order chi connectivity index (χ1) is 11.1. The van der Waals surface area contributed by atoms with Gasteiger partial charge >= 0.3 is 6.18 Å². The van der Waals surface area contributed by atoms with Gasteiger partial charge in [0.05, 0.1) is 10.6 Å². The minimum Gasteiger partial charge on any atom is -0.368 e. The lowest BCUT2D eigenvalue weighted by Crippen LogP contribution is -2.31. The van der Waals surface area contributed by atoms with Crippen LogP contribution in [0.1, 0.15) is 5.56 Å². The van der Waals surface area contributed by atoms with E-state index in [1.165, 1.54) is 13.1 Å². The molecular formula is C13H13ClF3N3O2S2. The Labute approximate surface area is 146 Å². The quantitative estimate of drug-likeness (QED) is 0.807. The summed E-state index contributed by atoms with van der Waals surface area (Å²) in [5, 5.41) is 4.20. The third-order valence-electron chi connectivity index (χ3n) is 3.05. The van der Waals surface area contributed by atoms with E-state index < -0.39 is 21.8 Å². The predicted molar refractivity (Wildman–Crippen MR) is 86.9 cm³/mol. The van der Waals surface area contributed by atoms with Crippen molar-refractivity contribution in [2.75, 3.05) is 25.5 Å². The predicted octanol–water partition coefficient (Wildman–Crippen LogP) is 3.55. The Kier molecular flexibility index (Phi) is 5.74. The van der Waals surface area contributed by atoms with Crippen LogP contribution >= 0.6 is 22.9 Å². The smallest absolute Gasteiger partial charge is 0.368 e. The van der Waals surface area contributed by atoms with Crippen LogP contribution in [0, 0.1) is 0 Å². The van der Waals surface area contributed by atoms with Crippen molar-refractivity contribution in [2.45, 2.75) is 10.4 Å². The molecule has 0 radical (unpaired) electrons. The molecule has 0 aliphatic heterocycles. The molecule has 0 bridgehead atoms. The van der Waals surface area contributed by atoms with Gasteiger partial charge in [-0.3, -0.25) is 0 Å². The Morgan fingerprint density at radius 3 is 2.67 bits per heavy atom. The first kappa shape index (κ1) is 19.0. The largest absolute Gasteiger partial charge is 0.417 e. The molecular weight excluding hydrogens is 387 g/mol. The standard InChI is InChI=1S/C13H13ClF3N3O2S2/c1-20(24(21,22)11-3-2-6-23-11)5-4-18-12-10(14)7-9(8-19-12)13(15,16)17/h2-3,6-8H,4-5H2,1H3,(H,18,19). The molecule has 0 unspecified atom stereocenters. The highest BCUT2D eigenvalue weighted by atomic mass is 35.5. The fourth-order valence-corrected chi connectivity index (χ4v) is 4.34. The van der Waals surface area contributed by atoms with E-state index in [4.69, 9.17) is 11.6 Å². The zero-order valence-corrected chi connectivity index (χ0v) is 14.7. The molecule has 0 atom stereocenters. The maximum absolute atomic E-state index is 12.5. The molecule has 2 aromatic rings. The van der Waals surface area contributed by atoms with Crippen molar-refractivity contribution in [3.05, 3.63) is 40.4 Å². The number of alkyl halides is 3. The second-order valence-electron chi connectivity index (χ2n) is 4.74. The van der Waals surface area contributed by atoms with Gasteiger partial charge in [-0.05, 0) is 17.5 Å². The molecule has 0 aliphatic carbocycles. The van der Waals surface area contributed by atoms with Crippen LogP contribution in [0.15, 0.2) is 34.0 Å². The van der Waals surface area contributed by atoms with E-state index in [0.717, 1.165) is 21.7 Å². The molecule has 2 heterocycles. The number of pyridine rings is 1. The third-order valence-corrected chi connectivity index (χ3v) is 6.57. The molecule has 132 valence electrons. The summed E-state index contributed by atoms with van der Waals surface area (Å²) < 4.78 is 63.4. The monoisotopic (exact) mass is 399 g/mol. The summed E-state index contributed by atoms with van der Waals surface area (Å²) in [4.78, 5) is 3.62. The molecule has 0 saturated heterocycles. The lowest BCUT2D eigenvalue weighted by Gasteiger charge is -2.17. The first-order valence-corrected chi connectivity index (χ1v) is 9.28. The average Bonchev–Trinajstić information content (AvgIpc) is 3.02. The zero-order chi connectivity index (χ0) is 18.0. The van der Waals surface area contributed by atoms with Gasteiger partial charge in [-0.2, -0.15) is 17.5 Å². The zero-order valence-electron chi connectivity index (χ0n) is 12.3. The maximum atomic E-state index is 12.5. The molecule has 11 heteroatoms. The van der Waals surface area contributed by atoms with E-state index in [9.17, 15) is 21.6 Å². The topological polar surface area (TPSA) is 62.3 Å². The molecule has 24 heavy (non-hydrogen) atoms. The number of halogens is 4. The molecule has 1 N–H and O–H groups in total. The van der Waals surface area contributed by atoms with Crippen LogP contribution in [-0.4, -0.2) is 37.8 Å². The number of rotatable bonds is 6. The van der Waals surface area contributed by atoms with Gasteiger partial charge in [0.2, 0.25) is 0 Å². The summed E-state index contributed by atoms with van der Waals surface area (Å²) in [6.45, 7) is 0.235. The van der Waals surface area contributed by atoms with Crippen molar-refractivity contribution >= 4 is 38.8 Å². The normalized spacial score (nSPS) is 12.6. The molecule has 2 rings (SSSR count). The number of hydrogen-bond donors (Lipinski definition) is 1. The number of sulfonamides is 1. The SMILES string of the molecule is CN(CCNc1ncc(C(F)(F)F)cc1Cl)S(=O)(=O)c1cccs1. The van der Waals surface area contributed by atoms with Crippen LogP contribution in [0.3, 0.4) is 0 Å². The van der Waals surface area contributed by atoms with Gasteiger partial charge in [0.1, 0.15) is 10.0 Å². The van der Waals surface area contributed by atoms with Crippen LogP contribution in [0.2, 0.25) is 5.02 Å². The Morgan fingerprint density at radius 2 is 2.12 bits per heavy atom. The lowest BCUT2D eigenvalue weighted by atomic mass is 10.3. The Hall–Kier alpha value is -1.36. The average molecular weight is 400 g/mol. The number of anilines is 1. The molecule has 0 amide bonds. The van der Waals surface area contributed by atoms with Crippen LogP contribution in [0.5, 0.6) is 0 Å². The van der Waals surface area contributed by atoms with Crippen molar-refractivity contribution in [3.8, 4) is 0 Å². The number of hydrogen-bond acceptors (Lipinski definition) is 5. The van der Waals surface area contributed by atoms with E-state index in [2.05, 4.69) is 10.3 Å². The first-order valence-electron chi connectivity index (χ1n) is 6.59. The molecule has 5 nitrogen and oxygen atoms in total. The minimum absolute atomic E-state index is 0.0617. The van der Waals surface area contributed by atoms with Crippen molar-refractivity contribution in [1.29, 1.82) is 0 Å². The molecule has 2 aromatic heterocycles. The summed E-state index contributed by atoms with van der Waals surface area (Å²) in [6.07, 6.45) is -3.86. The summed E-state index contributed by atoms with van der Waals surface area (Å²) >= 11 is 6.87. The summed E-state index contributed by atoms with van der Waals surface area (Å²) in [5.74, 6) is 0.0617. The number of nitrogens with zero attached hydrogens (tertiary/aromatic N) is 2. The number of likely N-dealkylation sites (N-methyl/N-ethyl adjacent to an activating group) is 1. The molecule has 0 saturated carbocycles. The highest BCUT2D eigenvalue weighted by Crippen LogP contribution is 2.32. The summed E-state index contributed by atoms with van der Waals surface area (Å²) in [7, 11) is -2.16. The van der Waals surface area contributed by atoms with Crippen LogP contribution in [0.4, 0.5) is 19.0 Å². The van der Waals surface area contributed by atoms with Gasteiger partial charge in [-0.1, -0.05) is 17.7 Å². The van der Waals surface area contributed by atoms with E-state index in [0.29, 0.717) is 6.20 Å². The third kappa shape index (κ3) is 4.38. The Bertz CT molecular complexity index is 795. The Morgan fingerprint density at radius 1 is 1.42 bits per heavy atom. The van der Waals surface area contributed by atoms with Crippen LogP contribution in [-0.2, 0) is 16.2 Å². The molecule has 0 spiro atoms. The molecule has 0 fully saturated rings. The fraction of sp³-hybridized carbons (Fsp3) is 0.308. The minimum atomic E-state index is -4.52. The second kappa shape index (κ2) is 7.26. The van der Waals surface area contributed by atoms with Gasteiger partial charge in [0, 0.05) is 26.3 Å². The summed E-state index contributed by atoms with van der Waals surface area (Å²) in [6, 6.07) is 3.90. The van der Waals surface area contributed by atoms with E-state index in [1.807, 2.05) is 0 Å². The van der Waals surface area contributed by atoms with Gasteiger partial charge in [-0.15, -0.1) is 11.3 Å². The highest BCUT2D eigenvalue weighted by molar-refractivity contribution is 7.91. The van der Waals surface area contributed by atoms with Crippen molar-refractivity contribution < 1.29 is 21.6 Å². The molecule has 0 aliphatic rings. The number of thiophene rings is 1. The van der Waals surface area contributed by atoms with Crippen LogP contribution < -0.4 is 5.32 Å². The van der Waals surface area contributed by atoms with Gasteiger partial charge in [-0.25, -0.2) is 13.4 Å². The molecule has 0 aromatic carbocycles. The van der Waals surface area contributed by atoms with Crippen molar-refractivity contribution in [2.24, 2.45) is 0 Å². The van der Waals surface area contributed by atoms with Gasteiger partial charge in [0.25, 0.3) is 10.0 Å². The maximum Gasteiger partial charge on any atom is 0.417 e. The number of nitrogens with one attached hydrogen (secondary N) is 1. The fourth-order valence-electron chi connectivity index (χ4n) is 1.74. The lowest BCUT2D eigenvalue weighted by molar-refractivity contribution is -0.137. The number of aromatic nitrogens is 1. The Balaban J connectivity index is 1.97. The van der Waals surface area contributed by atoms with E-state index >= 15 is 0 Å². The van der Waals surface area contributed by atoms with Crippen molar-refractivity contribution in [1.82, 2.24) is 9.29 Å². The second-order valence-corrected chi connectivity index (χ2v) is 8.36. The van der Waals surface area contributed by atoms with Crippen LogP contribution in [0.25, 0.3) is 0 Å².